The lowest BCUT2D eigenvalue weighted by Crippen LogP contribution is -1.86. The van der Waals surface area contributed by atoms with E-state index >= 15 is 0 Å². The molecule has 0 fully saturated rings. The van der Waals surface area contributed by atoms with E-state index in [1.165, 1.54) is 171 Å². The number of unbranched alkanes of at least 4 members (excludes halogenated alkanes) is 18. The van der Waals surface area contributed by atoms with Gasteiger partial charge in [-0.2, -0.15) is 0 Å². The van der Waals surface area contributed by atoms with Crippen LogP contribution in [0.3, 0.4) is 0 Å². The Morgan fingerprint density at radius 2 is 0.756 bits per heavy atom. The first-order chi connectivity index (χ1) is 22.1. The van der Waals surface area contributed by atoms with Gasteiger partial charge in [0.1, 0.15) is 0 Å². The monoisotopic (exact) mass is 664 g/mol. The number of thiophene rings is 3. The molecule has 0 saturated heterocycles. The Hall–Kier alpha value is -1.42. The van der Waals surface area contributed by atoms with E-state index in [9.17, 15) is 0 Å². The molecule has 0 amide bonds. The summed E-state index contributed by atoms with van der Waals surface area (Å²) in [5.41, 5.74) is 3.10. The van der Waals surface area contributed by atoms with Gasteiger partial charge < -0.3 is 0 Å². The van der Waals surface area contributed by atoms with Gasteiger partial charge in [-0.3, -0.25) is 0 Å². The van der Waals surface area contributed by atoms with Gasteiger partial charge in [0.2, 0.25) is 0 Å². The van der Waals surface area contributed by atoms with Crippen molar-refractivity contribution in [2.45, 2.75) is 169 Å². The van der Waals surface area contributed by atoms with Gasteiger partial charge in [-0.1, -0.05) is 129 Å². The van der Waals surface area contributed by atoms with E-state index in [0.29, 0.717) is 0 Å². The second-order valence-corrected chi connectivity index (χ2v) is 17.0. The minimum Gasteiger partial charge on any atom is -0.141 e. The maximum atomic E-state index is 2.43. The molecule has 3 heteroatoms. The summed E-state index contributed by atoms with van der Waals surface area (Å²) < 4.78 is 0. The van der Waals surface area contributed by atoms with Gasteiger partial charge in [0.15, 0.2) is 0 Å². The van der Waals surface area contributed by atoms with Crippen LogP contribution >= 0.6 is 34.0 Å². The summed E-state index contributed by atoms with van der Waals surface area (Å²) >= 11 is 5.81. The third kappa shape index (κ3) is 16.3. The largest absolute Gasteiger partial charge is 0.141 e. The average molecular weight is 665 g/mol. The van der Waals surface area contributed by atoms with Crippen molar-refractivity contribution >= 4 is 58.3 Å². The number of hydrogen-bond acceptors (Lipinski definition) is 3. The van der Waals surface area contributed by atoms with Crippen LogP contribution in [0.4, 0.5) is 0 Å². The van der Waals surface area contributed by atoms with Crippen molar-refractivity contribution in [1.29, 1.82) is 0 Å². The van der Waals surface area contributed by atoms with Gasteiger partial charge in [0.05, 0.1) is 0 Å². The molecule has 0 N–H and O–H groups in total. The predicted octanol–water partition coefficient (Wildman–Crippen LogP) is 15.8. The van der Waals surface area contributed by atoms with Gasteiger partial charge in [0, 0.05) is 29.3 Å². The van der Waals surface area contributed by atoms with Crippen LogP contribution < -0.4 is 0 Å². The molecule has 0 spiro atoms. The van der Waals surface area contributed by atoms with Crippen molar-refractivity contribution in [2.75, 3.05) is 0 Å². The van der Waals surface area contributed by atoms with Crippen LogP contribution in [0.5, 0.6) is 0 Å². The molecule has 250 valence electrons. The maximum absolute atomic E-state index is 2.43. The van der Waals surface area contributed by atoms with E-state index in [-0.39, 0.29) is 0 Å². The van der Waals surface area contributed by atoms with Crippen LogP contribution in [-0.2, 0) is 12.8 Å². The zero-order chi connectivity index (χ0) is 32.0. The summed E-state index contributed by atoms with van der Waals surface area (Å²) in [6.45, 7) is 9.12. The highest BCUT2D eigenvalue weighted by atomic mass is 32.1. The summed E-state index contributed by atoms with van der Waals surface area (Å²) in [4.78, 5) is 8.48. The fourth-order valence-electron chi connectivity index (χ4n) is 6.31. The molecule has 0 aliphatic rings. The molecule has 0 aromatic carbocycles. The molecule has 3 heterocycles. The second-order valence-electron chi connectivity index (χ2n) is 13.3. The molecule has 0 aliphatic carbocycles. The zero-order valence-electron chi connectivity index (χ0n) is 29.4. The molecular weight excluding hydrogens is 601 g/mol. The molecule has 0 bridgehead atoms. The van der Waals surface area contributed by atoms with E-state index in [0.717, 1.165) is 0 Å². The van der Waals surface area contributed by atoms with Crippen LogP contribution in [-0.4, -0.2) is 0 Å². The number of hydrogen-bond donors (Lipinski definition) is 0. The van der Waals surface area contributed by atoms with Crippen LogP contribution in [0, 0.1) is 13.8 Å². The Balaban J connectivity index is 1.39. The molecule has 0 aliphatic heterocycles. The molecule has 0 unspecified atom stereocenters. The van der Waals surface area contributed by atoms with Crippen LogP contribution in [0.25, 0.3) is 24.3 Å². The van der Waals surface area contributed by atoms with E-state index < -0.39 is 0 Å². The lowest BCUT2D eigenvalue weighted by molar-refractivity contribution is 0.556. The topological polar surface area (TPSA) is 0 Å². The van der Waals surface area contributed by atoms with Crippen molar-refractivity contribution in [1.82, 2.24) is 0 Å². The van der Waals surface area contributed by atoms with Crippen molar-refractivity contribution in [3.63, 3.8) is 0 Å². The summed E-state index contributed by atoms with van der Waals surface area (Å²) in [6.07, 6.45) is 39.9. The molecule has 0 nitrogen and oxygen atoms in total. The van der Waals surface area contributed by atoms with Crippen LogP contribution in [0.15, 0.2) is 24.3 Å². The normalized spacial score (nSPS) is 12.0. The van der Waals surface area contributed by atoms with E-state index in [1.807, 2.05) is 34.0 Å². The van der Waals surface area contributed by atoms with Gasteiger partial charge in [-0.05, 0) is 99.2 Å². The first kappa shape index (κ1) is 38.0. The Kier molecular flexibility index (Phi) is 20.1. The number of rotatable bonds is 26. The Bertz CT molecular complexity index is 1120. The summed E-state index contributed by atoms with van der Waals surface area (Å²) in [5.74, 6) is 0. The highest BCUT2D eigenvalue weighted by molar-refractivity contribution is 7.14. The fourth-order valence-corrected chi connectivity index (χ4v) is 9.08. The molecule has 0 atom stereocenters. The second kappa shape index (κ2) is 23.8. The lowest BCUT2D eigenvalue weighted by Gasteiger charge is -2.03. The Morgan fingerprint density at radius 3 is 1.11 bits per heavy atom. The van der Waals surface area contributed by atoms with E-state index in [1.54, 1.807) is 11.1 Å². The molecule has 3 aromatic heterocycles. The highest BCUT2D eigenvalue weighted by Gasteiger charge is 2.07. The van der Waals surface area contributed by atoms with Gasteiger partial charge >= 0.3 is 0 Å². The molecule has 3 aromatic rings. The summed E-state index contributed by atoms with van der Waals surface area (Å²) in [7, 11) is 0. The molecule has 0 radical (unpaired) electrons. The fraction of sp³-hybridized carbons (Fsp3) is 0.619. The highest BCUT2D eigenvalue weighted by Crippen LogP contribution is 2.30. The average Bonchev–Trinajstić information content (AvgIpc) is 3.74. The van der Waals surface area contributed by atoms with Crippen molar-refractivity contribution in [2.24, 2.45) is 0 Å². The minimum absolute atomic E-state index is 1.22. The first-order valence-corrected chi connectivity index (χ1v) is 21.2. The van der Waals surface area contributed by atoms with Gasteiger partial charge in [-0.25, -0.2) is 0 Å². The zero-order valence-corrected chi connectivity index (χ0v) is 31.8. The first-order valence-electron chi connectivity index (χ1n) is 18.7. The third-order valence-electron chi connectivity index (χ3n) is 8.97. The molecule has 45 heavy (non-hydrogen) atoms. The molecular formula is C42H64S3. The molecule has 0 saturated carbocycles. The van der Waals surface area contributed by atoms with Crippen LogP contribution in [0.1, 0.15) is 183 Å². The van der Waals surface area contributed by atoms with Crippen molar-refractivity contribution in [3.05, 3.63) is 64.7 Å². The minimum atomic E-state index is 1.22. The number of aryl methyl sites for hydroxylation is 4. The maximum Gasteiger partial charge on any atom is 0.0305 e. The van der Waals surface area contributed by atoms with E-state index in [2.05, 4.69) is 76.3 Å². The van der Waals surface area contributed by atoms with E-state index in [4.69, 9.17) is 0 Å². The van der Waals surface area contributed by atoms with Gasteiger partial charge in [0.25, 0.3) is 0 Å². The quantitative estimate of drug-likeness (QED) is 0.0749. The smallest absolute Gasteiger partial charge is 0.0305 e. The van der Waals surface area contributed by atoms with Crippen molar-refractivity contribution < 1.29 is 0 Å². The SMILES string of the molecule is CCCCCCCCCCCCc1cc(C)sc1/C=C/c1ccc(/C=C/c2sc(C)cc2CCCCCCCCCCCC)s1. The van der Waals surface area contributed by atoms with Gasteiger partial charge in [-0.15, -0.1) is 34.0 Å². The summed E-state index contributed by atoms with van der Waals surface area (Å²) in [5, 5.41) is 0. The van der Waals surface area contributed by atoms with Crippen LogP contribution in [0.2, 0.25) is 0 Å². The standard InChI is InChI=1S/C42H64S3/c1-5-7-9-11-13-15-17-19-21-23-25-37-33-35(3)43-41(37)31-29-39-27-28-40(45-39)30-32-42-38(34-36(4)44-42)26-24-22-20-18-16-14-12-10-8-6-2/h27-34H,5-26H2,1-4H3/b31-29+,32-30+. The Morgan fingerprint density at radius 1 is 0.422 bits per heavy atom. The summed E-state index contributed by atoms with van der Waals surface area (Å²) in [6, 6.07) is 9.43. The third-order valence-corrected chi connectivity index (χ3v) is 12.1. The van der Waals surface area contributed by atoms with Crippen molar-refractivity contribution in [3.8, 4) is 0 Å². The Labute approximate surface area is 290 Å². The molecule has 3 rings (SSSR count). The predicted molar refractivity (Wildman–Crippen MR) is 211 cm³/mol. The lowest BCUT2D eigenvalue weighted by atomic mass is 10.0.